The van der Waals surface area contributed by atoms with Gasteiger partial charge in [0.05, 0.1) is 12.8 Å². The SMILES string of the molecule is Cc1ccc(C)c(Cn2ccnc2CN(CCN(C)C)C(=O)c2ccco2)c1. The summed E-state index contributed by atoms with van der Waals surface area (Å²) in [5.74, 6) is 1.10. The maximum Gasteiger partial charge on any atom is 0.289 e. The van der Waals surface area contributed by atoms with Crippen molar-refractivity contribution in [2.75, 3.05) is 27.2 Å². The summed E-state index contributed by atoms with van der Waals surface area (Å²) in [6, 6.07) is 9.91. The molecule has 0 spiro atoms. The standard InChI is InChI=1S/C22H28N4O2/c1-17-7-8-18(2)19(14-17)15-25-10-9-23-21(25)16-26(12-11-24(3)4)22(27)20-6-5-13-28-20/h5-10,13-14H,11-12,15-16H2,1-4H3. The normalized spacial score (nSPS) is 11.2. The summed E-state index contributed by atoms with van der Waals surface area (Å²) in [5.41, 5.74) is 3.75. The zero-order valence-corrected chi connectivity index (χ0v) is 17.1. The first-order valence-corrected chi connectivity index (χ1v) is 9.47. The maximum atomic E-state index is 12.9. The highest BCUT2D eigenvalue weighted by molar-refractivity contribution is 5.91. The van der Waals surface area contributed by atoms with E-state index in [9.17, 15) is 4.79 Å². The summed E-state index contributed by atoms with van der Waals surface area (Å²) >= 11 is 0. The van der Waals surface area contributed by atoms with Gasteiger partial charge in [0.15, 0.2) is 5.76 Å². The molecule has 0 unspecified atom stereocenters. The average molecular weight is 380 g/mol. The van der Waals surface area contributed by atoms with Crippen molar-refractivity contribution in [1.82, 2.24) is 19.4 Å². The second-order valence-electron chi connectivity index (χ2n) is 7.41. The van der Waals surface area contributed by atoms with Crippen LogP contribution < -0.4 is 0 Å². The number of aromatic nitrogens is 2. The molecule has 1 amide bonds. The van der Waals surface area contributed by atoms with Crippen LogP contribution in [0, 0.1) is 13.8 Å². The van der Waals surface area contributed by atoms with Crippen molar-refractivity contribution < 1.29 is 9.21 Å². The van der Waals surface area contributed by atoms with Gasteiger partial charge in [-0.05, 0) is 51.2 Å². The van der Waals surface area contributed by atoms with Crippen LogP contribution in [0.15, 0.2) is 53.4 Å². The molecule has 3 rings (SSSR count). The Bertz CT molecular complexity index is 913. The molecular formula is C22H28N4O2. The molecular weight excluding hydrogens is 352 g/mol. The summed E-state index contributed by atoms with van der Waals surface area (Å²) < 4.78 is 7.44. The summed E-state index contributed by atoms with van der Waals surface area (Å²) in [4.78, 5) is 21.3. The Morgan fingerprint density at radius 3 is 2.71 bits per heavy atom. The molecule has 2 heterocycles. The Labute approximate surface area is 166 Å². The van der Waals surface area contributed by atoms with Crippen LogP contribution in [0.5, 0.6) is 0 Å². The summed E-state index contributed by atoms with van der Waals surface area (Å²) in [6.45, 7) is 6.76. The van der Waals surface area contributed by atoms with Gasteiger partial charge in [0.1, 0.15) is 5.82 Å². The van der Waals surface area contributed by atoms with Crippen LogP contribution in [-0.4, -0.2) is 52.4 Å². The summed E-state index contributed by atoms with van der Waals surface area (Å²) in [5, 5.41) is 0. The first-order valence-electron chi connectivity index (χ1n) is 9.47. The molecule has 3 aromatic rings. The number of aryl methyl sites for hydroxylation is 2. The van der Waals surface area contributed by atoms with Crippen molar-refractivity contribution in [1.29, 1.82) is 0 Å². The Balaban J connectivity index is 1.80. The van der Waals surface area contributed by atoms with E-state index in [1.807, 2.05) is 20.3 Å². The van der Waals surface area contributed by atoms with E-state index in [1.165, 1.54) is 23.0 Å². The largest absolute Gasteiger partial charge is 0.459 e. The van der Waals surface area contributed by atoms with Crippen LogP contribution in [0.25, 0.3) is 0 Å². The molecule has 2 aromatic heterocycles. The molecule has 0 saturated heterocycles. The lowest BCUT2D eigenvalue weighted by Crippen LogP contribution is -2.37. The molecule has 0 fully saturated rings. The number of hydrogen-bond acceptors (Lipinski definition) is 4. The molecule has 148 valence electrons. The number of imidazole rings is 1. The van der Waals surface area contributed by atoms with E-state index >= 15 is 0 Å². The van der Waals surface area contributed by atoms with Crippen LogP contribution in [0.1, 0.15) is 33.1 Å². The average Bonchev–Trinajstić information content (AvgIpc) is 3.33. The van der Waals surface area contributed by atoms with Crippen LogP contribution in [0.2, 0.25) is 0 Å². The van der Waals surface area contributed by atoms with Gasteiger partial charge in [-0.15, -0.1) is 0 Å². The van der Waals surface area contributed by atoms with E-state index < -0.39 is 0 Å². The Kier molecular flexibility index (Phi) is 6.31. The van der Waals surface area contributed by atoms with Crippen molar-refractivity contribution >= 4 is 5.91 Å². The molecule has 0 aliphatic rings. The fourth-order valence-corrected chi connectivity index (χ4v) is 3.09. The molecule has 6 nitrogen and oxygen atoms in total. The van der Waals surface area contributed by atoms with Crippen molar-refractivity contribution in [3.05, 3.63) is 77.3 Å². The van der Waals surface area contributed by atoms with Crippen molar-refractivity contribution in [3.63, 3.8) is 0 Å². The van der Waals surface area contributed by atoms with Gasteiger partial charge in [-0.2, -0.15) is 0 Å². The second kappa shape index (κ2) is 8.89. The lowest BCUT2D eigenvalue weighted by atomic mass is 10.1. The molecule has 1 aromatic carbocycles. The van der Waals surface area contributed by atoms with Crippen molar-refractivity contribution in [2.45, 2.75) is 26.9 Å². The first kappa shape index (κ1) is 19.9. The molecule has 0 aliphatic carbocycles. The minimum Gasteiger partial charge on any atom is -0.459 e. The summed E-state index contributed by atoms with van der Waals surface area (Å²) in [6.07, 6.45) is 5.29. The first-order chi connectivity index (χ1) is 13.4. The van der Waals surface area contributed by atoms with Crippen LogP contribution >= 0.6 is 0 Å². The van der Waals surface area contributed by atoms with E-state index in [1.54, 1.807) is 23.2 Å². The monoisotopic (exact) mass is 380 g/mol. The van der Waals surface area contributed by atoms with Gasteiger partial charge in [-0.3, -0.25) is 4.79 Å². The predicted octanol–water partition coefficient (Wildman–Crippen LogP) is 3.35. The molecule has 0 N–H and O–H groups in total. The van der Waals surface area contributed by atoms with Crippen molar-refractivity contribution in [2.24, 2.45) is 0 Å². The van der Waals surface area contributed by atoms with Gasteiger partial charge < -0.3 is 18.8 Å². The molecule has 28 heavy (non-hydrogen) atoms. The van der Waals surface area contributed by atoms with Gasteiger partial charge in [0, 0.05) is 32.0 Å². The van der Waals surface area contributed by atoms with Crippen LogP contribution in [-0.2, 0) is 13.1 Å². The fraction of sp³-hybridized carbons (Fsp3) is 0.364. The highest BCUT2D eigenvalue weighted by atomic mass is 16.3. The van der Waals surface area contributed by atoms with Gasteiger partial charge >= 0.3 is 0 Å². The van der Waals surface area contributed by atoms with E-state index in [0.29, 0.717) is 18.8 Å². The van der Waals surface area contributed by atoms with Crippen LogP contribution in [0.3, 0.4) is 0 Å². The molecule has 6 heteroatoms. The number of benzene rings is 1. The minimum absolute atomic E-state index is 0.117. The Morgan fingerprint density at radius 2 is 2.00 bits per heavy atom. The number of rotatable bonds is 8. The third kappa shape index (κ3) is 4.89. The molecule has 0 atom stereocenters. The van der Waals surface area contributed by atoms with E-state index in [4.69, 9.17) is 4.42 Å². The number of carbonyl (C=O) groups excluding carboxylic acids is 1. The molecule has 0 radical (unpaired) electrons. The van der Waals surface area contributed by atoms with E-state index in [0.717, 1.165) is 18.9 Å². The molecule has 0 bridgehead atoms. The van der Waals surface area contributed by atoms with Gasteiger partial charge in [-0.1, -0.05) is 23.8 Å². The Hall–Kier alpha value is -2.86. The quantitative estimate of drug-likeness (QED) is 0.601. The number of furan rings is 1. The third-order valence-electron chi connectivity index (χ3n) is 4.82. The van der Waals surface area contributed by atoms with E-state index in [-0.39, 0.29) is 5.91 Å². The maximum absolute atomic E-state index is 12.9. The van der Waals surface area contributed by atoms with E-state index in [2.05, 4.69) is 46.5 Å². The van der Waals surface area contributed by atoms with Gasteiger partial charge in [-0.25, -0.2) is 4.98 Å². The number of likely N-dealkylation sites (N-methyl/N-ethyl adjacent to an activating group) is 1. The third-order valence-corrected chi connectivity index (χ3v) is 4.82. The number of carbonyl (C=O) groups is 1. The minimum atomic E-state index is -0.117. The summed E-state index contributed by atoms with van der Waals surface area (Å²) in [7, 11) is 3.99. The zero-order chi connectivity index (χ0) is 20.1. The number of hydrogen-bond donors (Lipinski definition) is 0. The van der Waals surface area contributed by atoms with Gasteiger partial charge in [0.25, 0.3) is 5.91 Å². The fourth-order valence-electron chi connectivity index (χ4n) is 3.09. The van der Waals surface area contributed by atoms with Crippen LogP contribution in [0.4, 0.5) is 0 Å². The Morgan fingerprint density at radius 1 is 1.18 bits per heavy atom. The second-order valence-corrected chi connectivity index (χ2v) is 7.41. The molecule has 0 saturated carbocycles. The van der Waals surface area contributed by atoms with Gasteiger partial charge in [0.2, 0.25) is 0 Å². The van der Waals surface area contributed by atoms with Crippen molar-refractivity contribution in [3.8, 4) is 0 Å². The number of amides is 1. The predicted molar refractivity (Wildman–Crippen MR) is 109 cm³/mol. The highest BCUT2D eigenvalue weighted by Gasteiger charge is 2.20. The number of nitrogens with zero attached hydrogens (tertiary/aromatic N) is 4. The lowest BCUT2D eigenvalue weighted by Gasteiger charge is -2.24. The zero-order valence-electron chi connectivity index (χ0n) is 17.1. The highest BCUT2D eigenvalue weighted by Crippen LogP contribution is 2.15. The lowest BCUT2D eigenvalue weighted by molar-refractivity contribution is 0.0693. The molecule has 0 aliphatic heterocycles. The smallest absolute Gasteiger partial charge is 0.289 e. The topological polar surface area (TPSA) is 54.5 Å².